The Hall–Kier alpha value is -1.55. The summed E-state index contributed by atoms with van der Waals surface area (Å²) < 4.78 is 10.6. The molecule has 0 radical (unpaired) electrons. The lowest BCUT2D eigenvalue weighted by atomic mass is 9.69. The third-order valence-electron chi connectivity index (χ3n) is 4.21. The molecule has 1 N–H and O–H groups in total. The zero-order valence-corrected chi connectivity index (χ0v) is 12.1. The Balaban J connectivity index is 2.50. The summed E-state index contributed by atoms with van der Waals surface area (Å²) in [6.07, 6.45) is 4.35. The van der Waals surface area contributed by atoms with Gasteiger partial charge in [-0.25, -0.2) is 0 Å². The van der Waals surface area contributed by atoms with Crippen LogP contribution in [0.25, 0.3) is 0 Å². The van der Waals surface area contributed by atoms with Crippen LogP contribution in [0.4, 0.5) is 0 Å². The van der Waals surface area contributed by atoms with Crippen molar-refractivity contribution in [3.05, 3.63) is 29.3 Å². The molecule has 0 saturated heterocycles. The van der Waals surface area contributed by atoms with Gasteiger partial charge in [-0.05, 0) is 30.5 Å². The number of hydrogen-bond acceptors (Lipinski definition) is 3. The number of ether oxygens (including phenoxy) is 2. The number of benzene rings is 1. The van der Waals surface area contributed by atoms with Gasteiger partial charge >= 0.3 is 5.97 Å². The van der Waals surface area contributed by atoms with Gasteiger partial charge in [0.15, 0.2) is 0 Å². The van der Waals surface area contributed by atoms with Gasteiger partial charge in [0.25, 0.3) is 0 Å². The maximum Gasteiger partial charge on any atom is 0.314 e. The number of methoxy groups -OCH3 is 2. The fraction of sp³-hybridized carbons (Fsp3) is 0.562. The van der Waals surface area contributed by atoms with Crippen molar-refractivity contribution < 1.29 is 19.4 Å². The van der Waals surface area contributed by atoms with Crippen LogP contribution in [0.1, 0.15) is 43.2 Å². The quantitative estimate of drug-likeness (QED) is 0.899. The molecule has 1 saturated carbocycles. The number of hydrogen-bond donors (Lipinski definition) is 1. The van der Waals surface area contributed by atoms with Gasteiger partial charge in [0.1, 0.15) is 5.75 Å². The van der Waals surface area contributed by atoms with Crippen molar-refractivity contribution in [2.45, 2.75) is 44.1 Å². The molecule has 4 heteroatoms. The van der Waals surface area contributed by atoms with Gasteiger partial charge in [-0.1, -0.05) is 25.3 Å². The van der Waals surface area contributed by atoms with Crippen LogP contribution in [0.5, 0.6) is 5.75 Å². The smallest absolute Gasteiger partial charge is 0.314 e. The number of carboxylic acid groups (broad SMARTS) is 1. The first-order valence-electron chi connectivity index (χ1n) is 7.04. The minimum absolute atomic E-state index is 0.479. The summed E-state index contributed by atoms with van der Waals surface area (Å²) >= 11 is 0. The molecule has 0 atom stereocenters. The summed E-state index contributed by atoms with van der Waals surface area (Å²) in [5.41, 5.74) is 0.962. The molecular weight excluding hydrogens is 256 g/mol. The molecule has 1 aliphatic carbocycles. The standard InChI is InChI=1S/C16H22O4/c1-19-11-12-6-7-14(20-2)13(10-12)16(15(17)18)8-4-3-5-9-16/h6-7,10H,3-5,8-9,11H2,1-2H3,(H,17,18). The topological polar surface area (TPSA) is 55.8 Å². The van der Waals surface area contributed by atoms with Crippen molar-refractivity contribution >= 4 is 5.97 Å². The zero-order chi connectivity index (χ0) is 14.6. The predicted molar refractivity (Wildman–Crippen MR) is 76.1 cm³/mol. The molecule has 110 valence electrons. The van der Waals surface area contributed by atoms with E-state index in [1.165, 1.54) is 0 Å². The first-order chi connectivity index (χ1) is 9.64. The fourth-order valence-electron chi connectivity index (χ4n) is 3.14. The highest BCUT2D eigenvalue weighted by Gasteiger charge is 2.43. The van der Waals surface area contributed by atoms with Gasteiger partial charge in [0.2, 0.25) is 0 Å². The van der Waals surface area contributed by atoms with E-state index >= 15 is 0 Å². The maximum atomic E-state index is 11.9. The first-order valence-corrected chi connectivity index (χ1v) is 7.04. The molecule has 2 rings (SSSR count). The molecule has 0 spiro atoms. The van der Waals surface area contributed by atoms with Crippen molar-refractivity contribution in [1.82, 2.24) is 0 Å². The predicted octanol–water partition coefficient (Wildman–Crippen LogP) is 3.13. The van der Waals surface area contributed by atoms with E-state index in [1.807, 2.05) is 18.2 Å². The SMILES string of the molecule is COCc1ccc(OC)c(C2(C(=O)O)CCCCC2)c1. The van der Waals surface area contributed by atoms with E-state index in [2.05, 4.69) is 0 Å². The Morgan fingerprint density at radius 3 is 2.50 bits per heavy atom. The number of rotatable bonds is 5. The average Bonchev–Trinajstić information content (AvgIpc) is 2.48. The number of carbonyl (C=O) groups is 1. The van der Waals surface area contributed by atoms with Crippen molar-refractivity contribution in [2.24, 2.45) is 0 Å². The van der Waals surface area contributed by atoms with Gasteiger partial charge in [0.05, 0.1) is 19.1 Å². The van der Waals surface area contributed by atoms with E-state index in [0.717, 1.165) is 30.4 Å². The Bertz CT molecular complexity index is 475. The van der Waals surface area contributed by atoms with Crippen molar-refractivity contribution in [2.75, 3.05) is 14.2 Å². The summed E-state index contributed by atoms with van der Waals surface area (Å²) in [5.74, 6) is -0.0841. The summed E-state index contributed by atoms with van der Waals surface area (Å²) in [6.45, 7) is 0.479. The molecule has 0 heterocycles. The molecule has 0 bridgehead atoms. The molecular formula is C16H22O4. The maximum absolute atomic E-state index is 11.9. The summed E-state index contributed by atoms with van der Waals surface area (Å²) in [6, 6.07) is 5.70. The van der Waals surface area contributed by atoms with Crippen LogP contribution in [0, 0.1) is 0 Å². The summed E-state index contributed by atoms with van der Waals surface area (Å²) in [7, 11) is 3.23. The van der Waals surface area contributed by atoms with E-state index in [-0.39, 0.29) is 0 Å². The van der Waals surface area contributed by atoms with E-state index in [4.69, 9.17) is 9.47 Å². The number of carboxylic acids is 1. The summed E-state index contributed by atoms with van der Waals surface area (Å²) in [4.78, 5) is 11.9. The van der Waals surface area contributed by atoms with Gasteiger partial charge in [0, 0.05) is 12.7 Å². The van der Waals surface area contributed by atoms with Crippen LogP contribution < -0.4 is 4.74 Å². The Labute approximate surface area is 119 Å². The molecule has 1 aromatic carbocycles. The molecule has 0 aromatic heterocycles. The Morgan fingerprint density at radius 1 is 1.25 bits per heavy atom. The monoisotopic (exact) mass is 278 g/mol. The van der Waals surface area contributed by atoms with E-state index in [1.54, 1.807) is 14.2 Å². The highest BCUT2D eigenvalue weighted by molar-refractivity contribution is 5.82. The van der Waals surface area contributed by atoms with Crippen LogP contribution >= 0.6 is 0 Å². The highest BCUT2D eigenvalue weighted by Crippen LogP contribution is 2.44. The highest BCUT2D eigenvalue weighted by atomic mass is 16.5. The largest absolute Gasteiger partial charge is 0.496 e. The fourth-order valence-corrected chi connectivity index (χ4v) is 3.14. The van der Waals surface area contributed by atoms with Gasteiger partial charge in [-0.3, -0.25) is 4.79 Å². The molecule has 0 amide bonds. The van der Waals surface area contributed by atoms with Crippen LogP contribution in [-0.4, -0.2) is 25.3 Å². The van der Waals surface area contributed by atoms with Crippen LogP contribution in [0.2, 0.25) is 0 Å². The third kappa shape index (κ3) is 2.66. The van der Waals surface area contributed by atoms with Crippen molar-refractivity contribution in [3.63, 3.8) is 0 Å². The third-order valence-corrected chi connectivity index (χ3v) is 4.21. The molecule has 1 aliphatic rings. The summed E-state index contributed by atoms with van der Waals surface area (Å²) in [5, 5.41) is 9.80. The van der Waals surface area contributed by atoms with E-state index in [0.29, 0.717) is 25.2 Å². The molecule has 1 fully saturated rings. The normalized spacial score (nSPS) is 17.7. The van der Waals surface area contributed by atoms with Gasteiger partial charge < -0.3 is 14.6 Å². The van der Waals surface area contributed by atoms with Crippen LogP contribution in [0.15, 0.2) is 18.2 Å². The molecule has 0 unspecified atom stereocenters. The van der Waals surface area contributed by atoms with Crippen LogP contribution in [0.3, 0.4) is 0 Å². The van der Waals surface area contributed by atoms with Gasteiger partial charge in [-0.15, -0.1) is 0 Å². The second kappa shape index (κ2) is 6.27. The molecule has 1 aromatic rings. The zero-order valence-electron chi connectivity index (χ0n) is 12.1. The molecule has 20 heavy (non-hydrogen) atoms. The Morgan fingerprint density at radius 2 is 1.95 bits per heavy atom. The van der Waals surface area contributed by atoms with Gasteiger partial charge in [-0.2, -0.15) is 0 Å². The van der Waals surface area contributed by atoms with Crippen molar-refractivity contribution in [1.29, 1.82) is 0 Å². The van der Waals surface area contributed by atoms with E-state index in [9.17, 15) is 9.90 Å². The van der Waals surface area contributed by atoms with E-state index < -0.39 is 11.4 Å². The van der Waals surface area contributed by atoms with Crippen molar-refractivity contribution in [3.8, 4) is 5.75 Å². The lowest BCUT2D eigenvalue weighted by molar-refractivity contribution is -0.145. The first kappa shape index (κ1) is 14.9. The minimum Gasteiger partial charge on any atom is -0.496 e. The number of aliphatic carboxylic acids is 1. The molecule has 0 aliphatic heterocycles. The second-order valence-corrected chi connectivity index (χ2v) is 5.42. The Kier molecular flexibility index (Phi) is 4.65. The lowest BCUT2D eigenvalue weighted by Gasteiger charge is -2.34. The average molecular weight is 278 g/mol. The minimum atomic E-state index is -0.812. The molecule has 4 nitrogen and oxygen atoms in total. The van der Waals surface area contributed by atoms with Crippen LogP contribution in [-0.2, 0) is 21.6 Å². The second-order valence-electron chi connectivity index (χ2n) is 5.42. The lowest BCUT2D eigenvalue weighted by Crippen LogP contribution is -2.38.